The van der Waals surface area contributed by atoms with Crippen molar-refractivity contribution in [2.45, 2.75) is 52.0 Å². The average Bonchev–Trinajstić information content (AvgIpc) is 3.49. The van der Waals surface area contributed by atoms with Crippen LogP contribution in [0.4, 0.5) is 11.4 Å². The molecule has 1 saturated carbocycles. The fourth-order valence-electron chi connectivity index (χ4n) is 2.68. The van der Waals surface area contributed by atoms with Crippen molar-refractivity contribution in [2.24, 2.45) is 0 Å². The van der Waals surface area contributed by atoms with Gasteiger partial charge in [-0.05, 0) is 49.9 Å². The first kappa shape index (κ1) is 19.8. The van der Waals surface area contributed by atoms with E-state index >= 15 is 0 Å². The first-order chi connectivity index (χ1) is 13.4. The molecule has 2 aromatic carbocycles. The maximum atomic E-state index is 12.1. The highest BCUT2D eigenvalue weighted by atomic mass is 16.6. The Labute approximate surface area is 164 Å². The van der Waals surface area contributed by atoms with Gasteiger partial charge in [0, 0.05) is 24.2 Å². The number of anilines is 1. The molecule has 1 fully saturated rings. The maximum Gasteiger partial charge on any atom is 0.293 e. The molecule has 3 rings (SSSR count). The normalized spacial score (nSPS) is 13.4. The predicted molar refractivity (Wildman–Crippen MR) is 107 cm³/mol. The predicted octanol–water partition coefficient (Wildman–Crippen LogP) is 4.02. The summed E-state index contributed by atoms with van der Waals surface area (Å²) in [6, 6.07) is 12.6. The number of hydrogen-bond acceptors (Lipinski definition) is 5. The van der Waals surface area contributed by atoms with Crippen molar-refractivity contribution >= 4 is 17.3 Å². The zero-order valence-electron chi connectivity index (χ0n) is 16.1. The van der Waals surface area contributed by atoms with Crippen LogP contribution in [-0.2, 0) is 17.9 Å². The minimum Gasteiger partial charge on any atom is -0.375 e. The molecule has 0 saturated heterocycles. The molecule has 0 radical (unpaired) electrons. The van der Waals surface area contributed by atoms with Crippen LogP contribution < -0.4 is 10.6 Å². The summed E-state index contributed by atoms with van der Waals surface area (Å²) < 4.78 is 5.57. The van der Waals surface area contributed by atoms with Crippen molar-refractivity contribution in [3.05, 3.63) is 69.3 Å². The second kappa shape index (κ2) is 8.84. The number of nitro groups is 1. The van der Waals surface area contributed by atoms with E-state index in [0.29, 0.717) is 24.4 Å². The third kappa shape index (κ3) is 5.53. The van der Waals surface area contributed by atoms with E-state index < -0.39 is 4.92 Å². The molecule has 0 atom stereocenters. The maximum absolute atomic E-state index is 12.1. The molecule has 0 bridgehead atoms. The fraction of sp³-hybridized carbons (Fsp3) is 0.381. The van der Waals surface area contributed by atoms with Crippen molar-refractivity contribution in [1.29, 1.82) is 0 Å². The SMILES string of the molecule is CC(C)OCc1ccc(CNc2ccc(C(=O)NC3CC3)cc2[N+](=O)[O-])cc1. The lowest BCUT2D eigenvalue weighted by Crippen LogP contribution is -2.25. The zero-order valence-corrected chi connectivity index (χ0v) is 16.1. The number of amides is 1. The van der Waals surface area contributed by atoms with Crippen LogP contribution >= 0.6 is 0 Å². The van der Waals surface area contributed by atoms with Crippen LogP contribution in [0.1, 0.15) is 48.2 Å². The van der Waals surface area contributed by atoms with Gasteiger partial charge in [0.1, 0.15) is 5.69 Å². The Hall–Kier alpha value is -2.93. The molecule has 0 unspecified atom stereocenters. The van der Waals surface area contributed by atoms with Crippen LogP contribution in [0.3, 0.4) is 0 Å². The lowest BCUT2D eigenvalue weighted by molar-refractivity contribution is -0.384. The number of ether oxygens (including phenoxy) is 1. The van der Waals surface area contributed by atoms with Gasteiger partial charge in [-0.2, -0.15) is 0 Å². The van der Waals surface area contributed by atoms with E-state index in [-0.39, 0.29) is 23.7 Å². The van der Waals surface area contributed by atoms with E-state index in [4.69, 9.17) is 4.74 Å². The van der Waals surface area contributed by atoms with Crippen LogP contribution in [-0.4, -0.2) is 23.0 Å². The van der Waals surface area contributed by atoms with Gasteiger partial charge in [-0.3, -0.25) is 14.9 Å². The lowest BCUT2D eigenvalue weighted by atomic mass is 10.1. The highest BCUT2D eigenvalue weighted by molar-refractivity contribution is 5.96. The molecule has 0 aromatic heterocycles. The van der Waals surface area contributed by atoms with Crippen LogP contribution in [0.5, 0.6) is 0 Å². The summed E-state index contributed by atoms with van der Waals surface area (Å²) in [6.07, 6.45) is 2.11. The summed E-state index contributed by atoms with van der Waals surface area (Å²) in [5.74, 6) is -0.267. The summed E-state index contributed by atoms with van der Waals surface area (Å²) in [6.45, 7) is 4.99. The number of carbonyl (C=O) groups excluding carboxylic acids is 1. The standard InChI is InChI=1S/C21H25N3O4/c1-14(2)28-13-16-5-3-15(4-6-16)12-22-19-10-7-17(11-20(19)24(26)27)21(25)23-18-8-9-18/h3-7,10-11,14,18,22H,8-9,12-13H2,1-2H3,(H,23,25). The van der Waals surface area contributed by atoms with Gasteiger partial charge >= 0.3 is 0 Å². The number of nitrogens with one attached hydrogen (secondary N) is 2. The number of nitrogens with zero attached hydrogens (tertiary/aromatic N) is 1. The number of nitro benzene ring substituents is 1. The molecule has 1 aliphatic carbocycles. The molecule has 0 heterocycles. The van der Waals surface area contributed by atoms with E-state index in [9.17, 15) is 14.9 Å². The highest BCUT2D eigenvalue weighted by Crippen LogP contribution is 2.27. The van der Waals surface area contributed by atoms with E-state index in [0.717, 1.165) is 24.0 Å². The summed E-state index contributed by atoms with van der Waals surface area (Å²) in [5.41, 5.74) is 2.66. The minimum atomic E-state index is -0.470. The monoisotopic (exact) mass is 383 g/mol. The summed E-state index contributed by atoms with van der Waals surface area (Å²) >= 11 is 0. The zero-order chi connectivity index (χ0) is 20.1. The molecule has 2 aromatic rings. The lowest BCUT2D eigenvalue weighted by Gasteiger charge is -2.10. The second-order valence-corrected chi connectivity index (χ2v) is 7.27. The van der Waals surface area contributed by atoms with Gasteiger partial charge < -0.3 is 15.4 Å². The van der Waals surface area contributed by atoms with Gasteiger partial charge in [-0.1, -0.05) is 24.3 Å². The topological polar surface area (TPSA) is 93.5 Å². The Morgan fingerprint density at radius 3 is 2.46 bits per heavy atom. The molecule has 0 spiro atoms. The van der Waals surface area contributed by atoms with Gasteiger partial charge in [0.25, 0.3) is 11.6 Å². The third-order valence-corrected chi connectivity index (χ3v) is 4.46. The molecule has 0 aliphatic heterocycles. The molecule has 7 nitrogen and oxygen atoms in total. The molecule has 1 amide bonds. The average molecular weight is 383 g/mol. The molecular formula is C21H25N3O4. The fourth-order valence-corrected chi connectivity index (χ4v) is 2.68. The second-order valence-electron chi connectivity index (χ2n) is 7.27. The first-order valence-corrected chi connectivity index (χ1v) is 9.45. The number of benzene rings is 2. The van der Waals surface area contributed by atoms with Crippen LogP contribution in [0.2, 0.25) is 0 Å². The summed E-state index contributed by atoms with van der Waals surface area (Å²) in [4.78, 5) is 23.1. The highest BCUT2D eigenvalue weighted by Gasteiger charge is 2.25. The molecule has 2 N–H and O–H groups in total. The van der Waals surface area contributed by atoms with Crippen molar-refractivity contribution in [1.82, 2.24) is 5.32 Å². The van der Waals surface area contributed by atoms with Crippen LogP contribution in [0.15, 0.2) is 42.5 Å². The Morgan fingerprint density at radius 2 is 1.86 bits per heavy atom. The number of carbonyl (C=O) groups is 1. The Kier molecular flexibility index (Phi) is 6.26. The largest absolute Gasteiger partial charge is 0.375 e. The molecule has 1 aliphatic rings. The number of rotatable bonds is 9. The van der Waals surface area contributed by atoms with Crippen molar-refractivity contribution < 1.29 is 14.5 Å². The smallest absolute Gasteiger partial charge is 0.293 e. The van der Waals surface area contributed by atoms with Crippen molar-refractivity contribution in [3.63, 3.8) is 0 Å². The van der Waals surface area contributed by atoms with E-state index in [1.807, 2.05) is 38.1 Å². The third-order valence-electron chi connectivity index (χ3n) is 4.46. The van der Waals surface area contributed by atoms with Gasteiger partial charge in [0.05, 0.1) is 17.6 Å². The quantitative estimate of drug-likeness (QED) is 0.504. The summed E-state index contributed by atoms with van der Waals surface area (Å²) in [7, 11) is 0. The minimum absolute atomic E-state index is 0.106. The van der Waals surface area contributed by atoms with E-state index in [1.165, 1.54) is 6.07 Å². The van der Waals surface area contributed by atoms with Crippen molar-refractivity contribution in [2.75, 3.05) is 5.32 Å². The Balaban J connectivity index is 1.64. The Bertz CT molecular complexity index is 845. The molecule has 28 heavy (non-hydrogen) atoms. The van der Waals surface area contributed by atoms with Crippen LogP contribution in [0.25, 0.3) is 0 Å². The molecule has 148 valence electrons. The first-order valence-electron chi connectivity index (χ1n) is 9.45. The van der Waals surface area contributed by atoms with Crippen LogP contribution in [0, 0.1) is 10.1 Å². The van der Waals surface area contributed by atoms with E-state index in [2.05, 4.69) is 10.6 Å². The van der Waals surface area contributed by atoms with E-state index in [1.54, 1.807) is 12.1 Å². The number of hydrogen-bond donors (Lipinski definition) is 2. The summed E-state index contributed by atoms with van der Waals surface area (Å²) in [5, 5.41) is 17.4. The van der Waals surface area contributed by atoms with Gasteiger partial charge in [0.2, 0.25) is 0 Å². The van der Waals surface area contributed by atoms with Gasteiger partial charge in [-0.15, -0.1) is 0 Å². The van der Waals surface area contributed by atoms with Crippen molar-refractivity contribution in [3.8, 4) is 0 Å². The Morgan fingerprint density at radius 1 is 1.18 bits per heavy atom. The molecular weight excluding hydrogens is 358 g/mol. The van der Waals surface area contributed by atoms with Gasteiger partial charge in [0.15, 0.2) is 0 Å². The molecule has 7 heteroatoms. The van der Waals surface area contributed by atoms with Gasteiger partial charge in [-0.25, -0.2) is 0 Å².